The summed E-state index contributed by atoms with van der Waals surface area (Å²) in [7, 11) is 1.63. The molecule has 2 rings (SSSR count). The largest absolute Gasteiger partial charge is 0.459 e. The molecule has 0 unspecified atom stereocenters. The van der Waals surface area contributed by atoms with Crippen LogP contribution in [0.2, 0.25) is 0 Å². The fourth-order valence-corrected chi connectivity index (χ4v) is 4.36. The molecule has 6 heteroatoms. The minimum atomic E-state index is -0.964. The topological polar surface area (TPSA) is 80.3 Å². The third-order valence-corrected chi connectivity index (χ3v) is 5.75. The molecule has 156 valence electrons. The molecular formula is C21H37NO5. The molecule has 1 aliphatic carbocycles. The standard InChI is InChI=1S/C21H37NO5/c1-6-12-22-13-17(23)27-16-9-11-21(14-26-21)19(18(16)25-5)20(4,24)10-7-8-15(2)3/h8,16,18-19,22,24H,6-7,9-14H2,1-5H3/t16-,18-,19-,20+,21+/m1/s1. The zero-order valence-electron chi connectivity index (χ0n) is 17.5. The first-order chi connectivity index (χ1) is 12.8. The lowest BCUT2D eigenvalue weighted by molar-refractivity contribution is -0.187. The Morgan fingerprint density at radius 2 is 2.15 bits per heavy atom. The molecule has 1 heterocycles. The van der Waals surface area contributed by atoms with E-state index in [-0.39, 0.29) is 36.2 Å². The molecular weight excluding hydrogens is 346 g/mol. The van der Waals surface area contributed by atoms with E-state index in [1.807, 2.05) is 6.92 Å². The van der Waals surface area contributed by atoms with Crippen molar-refractivity contribution in [3.8, 4) is 0 Å². The summed E-state index contributed by atoms with van der Waals surface area (Å²) in [4.78, 5) is 12.2. The Bertz CT molecular complexity index is 523. The van der Waals surface area contributed by atoms with Crippen LogP contribution in [-0.4, -0.2) is 61.3 Å². The molecule has 0 aromatic carbocycles. The molecule has 2 aliphatic rings. The van der Waals surface area contributed by atoms with Crippen molar-refractivity contribution >= 4 is 5.97 Å². The molecule has 1 saturated carbocycles. The smallest absolute Gasteiger partial charge is 0.320 e. The van der Waals surface area contributed by atoms with Gasteiger partial charge in [0.2, 0.25) is 0 Å². The maximum atomic E-state index is 12.2. The van der Waals surface area contributed by atoms with Crippen molar-refractivity contribution in [3.05, 3.63) is 11.6 Å². The molecule has 0 aromatic heterocycles. The quantitative estimate of drug-likeness (QED) is 0.261. The average Bonchev–Trinajstić information content (AvgIpc) is 3.35. The van der Waals surface area contributed by atoms with Gasteiger partial charge in [-0.1, -0.05) is 18.6 Å². The number of hydrogen-bond acceptors (Lipinski definition) is 6. The van der Waals surface area contributed by atoms with Crippen LogP contribution in [0.4, 0.5) is 0 Å². The van der Waals surface area contributed by atoms with Crippen LogP contribution in [0.1, 0.15) is 59.8 Å². The summed E-state index contributed by atoms with van der Waals surface area (Å²) in [5.74, 6) is -0.498. The second kappa shape index (κ2) is 9.50. The van der Waals surface area contributed by atoms with Gasteiger partial charge in [0.15, 0.2) is 0 Å². The van der Waals surface area contributed by atoms with E-state index in [0.717, 1.165) is 25.8 Å². The summed E-state index contributed by atoms with van der Waals surface area (Å²) in [6.07, 6.45) is 5.24. The average molecular weight is 384 g/mol. The Kier molecular flexibility index (Phi) is 7.86. The van der Waals surface area contributed by atoms with Crippen LogP contribution in [0.3, 0.4) is 0 Å². The maximum Gasteiger partial charge on any atom is 0.320 e. The van der Waals surface area contributed by atoms with Crippen molar-refractivity contribution in [2.45, 2.75) is 83.2 Å². The van der Waals surface area contributed by atoms with Crippen molar-refractivity contribution in [2.75, 3.05) is 26.8 Å². The Balaban J connectivity index is 2.08. The van der Waals surface area contributed by atoms with Gasteiger partial charge in [0.25, 0.3) is 0 Å². The van der Waals surface area contributed by atoms with Crippen LogP contribution in [0.25, 0.3) is 0 Å². The fourth-order valence-electron chi connectivity index (χ4n) is 4.36. The van der Waals surface area contributed by atoms with Crippen molar-refractivity contribution in [1.82, 2.24) is 5.32 Å². The number of allylic oxidation sites excluding steroid dienone is 2. The highest BCUT2D eigenvalue weighted by Crippen LogP contribution is 2.52. The minimum Gasteiger partial charge on any atom is -0.459 e. The number of hydrogen-bond donors (Lipinski definition) is 2. The second-order valence-electron chi connectivity index (χ2n) is 8.45. The molecule has 1 aliphatic heterocycles. The number of methoxy groups -OCH3 is 1. The highest BCUT2D eigenvalue weighted by molar-refractivity contribution is 5.71. The fraction of sp³-hybridized carbons (Fsp3) is 0.857. The number of carbonyl (C=O) groups excluding carboxylic acids is 1. The molecule has 6 nitrogen and oxygen atoms in total. The summed E-state index contributed by atoms with van der Waals surface area (Å²) < 4.78 is 17.3. The third-order valence-electron chi connectivity index (χ3n) is 5.75. The van der Waals surface area contributed by atoms with Gasteiger partial charge in [0, 0.05) is 13.0 Å². The number of rotatable bonds is 10. The zero-order chi connectivity index (χ0) is 20.1. The van der Waals surface area contributed by atoms with Crippen LogP contribution < -0.4 is 5.32 Å². The first-order valence-corrected chi connectivity index (χ1v) is 10.2. The van der Waals surface area contributed by atoms with Crippen molar-refractivity contribution in [1.29, 1.82) is 0 Å². The second-order valence-corrected chi connectivity index (χ2v) is 8.45. The predicted octanol–water partition coefficient (Wildman–Crippen LogP) is 2.59. The highest BCUT2D eigenvalue weighted by Gasteiger charge is 2.64. The van der Waals surface area contributed by atoms with E-state index in [9.17, 15) is 9.90 Å². The van der Waals surface area contributed by atoms with Gasteiger partial charge in [-0.25, -0.2) is 0 Å². The van der Waals surface area contributed by atoms with Crippen LogP contribution in [0.15, 0.2) is 11.6 Å². The lowest BCUT2D eigenvalue weighted by atomic mass is 9.66. The van der Waals surface area contributed by atoms with E-state index in [2.05, 4.69) is 32.2 Å². The molecule has 27 heavy (non-hydrogen) atoms. The highest BCUT2D eigenvalue weighted by atomic mass is 16.6. The molecule has 1 spiro atoms. The number of epoxide rings is 1. The number of esters is 1. The Hall–Kier alpha value is -0.950. The van der Waals surface area contributed by atoms with Crippen molar-refractivity contribution in [2.24, 2.45) is 5.92 Å². The van der Waals surface area contributed by atoms with Gasteiger partial charge < -0.3 is 24.6 Å². The lowest BCUT2D eigenvalue weighted by Crippen LogP contribution is -2.59. The third kappa shape index (κ3) is 5.76. The molecule has 0 amide bonds. The van der Waals surface area contributed by atoms with Crippen LogP contribution in [0.5, 0.6) is 0 Å². The van der Waals surface area contributed by atoms with Gasteiger partial charge in [-0.15, -0.1) is 0 Å². The molecule has 2 fully saturated rings. The molecule has 0 bridgehead atoms. The summed E-state index contributed by atoms with van der Waals surface area (Å²) in [6.45, 7) is 9.64. The van der Waals surface area contributed by atoms with E-state index in [4.69, 9.17) is 14.2 Å². The van der Waals surface area contributed by atoms with Crippen LogP contribution in [0, 0.1) is 5.92 Å². The van der Waals surface area contributed by atoms with Gasteiger partial charge in [-0.2, -0.15) is 0 Å². The zero-order valence-corrected chi connectivity index (χ0v) is 17.5. The minimum absolute atomic E-state index is 0.198. The van der Waals surface area contributed by atoms with E-state index >= 15 is 0 Å². The van der Waals surface area contributed by atoms with E-state index in [1.165, 1.54) is 5.57 Å². The molecule has 0 radical (unpaired) electrons. The van der Waals surface area contributed by atoms with Gasteiger partial charge in [-0.05, 0) is 59.4 Å². The first-order valence-electron chi connectivity index (χ1n) is 10.2. The maximum absolute atomic E-state index is 12.2. The molecule has 0 aromatic rings. The van der Waals surface area contributed by atoms with Gasteiger partial charge in [0.1, 0.15) is 12.2 Å². The first kappa shape index (κ1) is 22.3. The molecule has 2 N–H and O–H groups in total. The monoisotopic (exact) mass is 383 g/mol. The van der Waals surface area contributed by atoms with Gasteiger partial charge in [-0.3, -0.25) is 4.79 Å². The Morgan fingerprint density at radius 1 is 1.44 bits per heavy atom. The number of aliphatic hydroxyl groups is 1. The van der Waals surface area contributed by atoms with E-state index in [0.29, 0.717) is 19.4 Å². The predicted molar refractivity (Wildman–Crippen MR) is 105 cm³/mol. The summed E-state index contributed by atoms with van der Waals surface area (Å²) in [6, 6.07) is 0. The normalized spacial score (nSPS) is 32.0. The van der Waals surface area contributed by atoms with Crippen molar-refractivity contribution < 1.29 is 24.1 Å². The summed E-state index contributed by atoms with van der Waals surface area (Å²) in [5.41, 5.74) is -0.0748. The van der Waals surface area contributed by atoms with Crippen LogP contribution >= 0.6 is 0 Å². The van der Waals surface area contributed by atoms with Gasteiger partial charge in [0.05, 0.1) is 24.4 Å². The van der Waals surface area contributed by atoms with Crippen molar-refractivity contribution in [3.63, 3.8) is 0 Å². The summed E-state index contributed by atoms with van der Waals surface area (Å²) >= 11 is 0. The SMILES string of the molecule is CCCNCC(=O)O[C@@H]1CC[C@]2(CO2)[C@@H]([C@@](C)(O)CCC=C(C)C)[C@@H]1OC. The van der Waals surface area contributed by atoms with Gasteiger partial charge >= 0.3 is 5.97 Å². The molecule has 5 atom stereocenters. The number of carbonyl (C=O) groups is 1. The van der Waals surface area contributed by atoms with Crippen LogP contribution in [-0.2, 0) is 19.0 Å². The van der Waals surface area contributed by atoms with E-state index < -0.39 is 5.60 Å². The Labute approximate surface area is 163 Å². The molecule has 1 saturated heterocycles. The summed E-state index contributed by atoms with van der Waals surface area (Å²) in [5, 5.41) is 14.4. The van der Waals surface area contributed by atoms with E-state index in [1.54, 1.807) is 7.11 Å². The lowest BCUT2D eigenvalue weighted by Gasteiger charge is -2.47. The number of ether oxygens (including phenoxy) is 3. The number of nitrogens with one attached hydrogen (secondary N) is 1. The Morgan fingerprint density at radius 3 is 2.70 bits per heavy atom.